The average Bonchev–Trinajstić information content (AvgIpc) is 3.08. The Bertz CT molecular complexity index is 705. The molecule has 0 saturated carbocycles. The van der Waals surface area contributed by atoms with Crippen LogP contribution in [0.5, 0.6) is 0 Å². The van der Waals surface area contributed by atoms with E-state index in [0.717, 1.165) is 17.6 Å². The molecule has 1 aromatic heterocycles. The highest BCUT2D eigenvalue weighted by Gasteiger charge is 2.52. The van der Waals surface area contributed by atoms with Crippen molar-refractivity contribution in [3.05, 3.63) is 18.1 Å². The van der Waals surface area contributed by atoms with E-state index < -0.39 is 12.7 Å². The van der Waals surface area contributed by atoms with Gasteiger partial charge in [0.05, 0.1) is 17.5 Å². The fourth-order valence-electron chi connectivity index (χ4n) is 3.73. The molecule has 2 saturated heterocycles. The van der Waals surface area contributed by atoms with Gasteiger partial charge in [0.1, 0.15) is 11.4 Å². The normalized spacial score (nSPS) is 27.1. The zero-order valence-corrected chi connectivity index (χ0v) is 18.5. The number of furan rings is 1. The van der Waals surface area contributed by atoms with Crippen LogP contribution in [0.25, 0.3) is 0 Å². The number of ether oxygens (including phenoxy) is 1. The summed E-state index contributed by atoms with van der Waals surface area (Å²) in [6.07, 6.45) is 2.34. The molecule has 1 aromatic rings. The second kappa shape index (κ2) is 7.10. The number of hydrogen-bond donors (Lipinski definition) is 0. The van der Waals surface area contributed by atoms with Crippen molar-refractivity contribution in [3.8, 4) is 0 Å². The first-order valence-corrected chi connectivity index (χ1v) is 10.2. The number of amides is 1. The monoisotopic (exact) mass is 391 g/mol. The summed E-state index contributed by atoms with van der Waals surface area (Å²) in [7, 11) is -0.417. The Morgan fingerprint density at radius 1 is 1.21 bits per heavy atom. The van der Waals surface area contributed by atoms with Gasteiger partial charge in [-0.1, -0.05) is 6.92 Å². The van der Waals surface area contributed by atoms with Crippen molar-refractivity contribution in [3.63, 3.8) is 0 Å². The summed E-state index contributed by atoms with van der Waals surface area (Å²) in [5.41, 5.74) is -0.312. The number of hydrogen-bond acceptors (Lipinski definition) is 5. The highest BCUT2D eigenvalue weighted by Crippen LogP contribution is 2.38. The number of carbonyl (C=O) groups is 1. The summed E-state index contributed by atoms with van der Waals surface area (Å²) in [6.45, 7) is 17.3. The summed E-state index contributed by atoms with van der Waals surface area (Å²) < 4.78 is 23.7. The van der Waals surface area contributed by atoms with Gasteiger partial charge in [-0.15, -0.1) is 0 Å². The van der Waals surface area contributed by atoms with Crippen LogP contribution in [0.1, 0.15) is 73.5 Å². The van der Waals surface area contributed by atoms with Crippen LogP contribution >= 0.6 is 0 Å². The Balaban J connectivity index is 1.64. The van der Waals surface area contributed by atoms with Gasteiger partial charge in [-0.3, -0.25) is 0 Å². The molecule has 0 aromatic carbocycles. The first kappa shape index (κ1) is 21.2. The molecule has 2 atom stereocenters. The Kier molecular flexibility index (Phi) is 5.39. The van der Waals surface area contributed by atoms with Gasteiger partial charge in [-0.05, 0) is 66.9 Å². The maximum absolute atomic E-state index is 12.3. The van der Waals surface area contributed by atoms with Gasteiger partial charge in [-0.25, -0.2) is 4.79 Å². The SMILES string of the molecule is CC1CN(C(=O)OC(C)(C)C)CCC1c1cc(B2OC(C)(C)C(C)(C)O2)co1. The minimum Gasteiger partial charge on any atom is -0.469 e. The predicted molar refractivity (Wildman–Crippen MR) is 109 cm³/mol. The van der Waals surface area contributed by atoms with Crippen LogP contribution < -0.4 is 5.46 Å². The van der Waals surface area contributed by atoms with Gasteiger partial charge in [0.2, 0.25) is 0 Å². The van der Waals surface area contributed by atoms with Crippen LogP contribution in [-0.2, 0) is 14.0 Å². The number of nitrogens with zero attached hydrogens (tertiary/aromatic N) is 1. The molecular formula is C21H34BNO5. The summed E-state index contributed by atoms with van der Waals surface area (Å²) in [4.78, 5) is 14.1. The molecule has 0 radical (unpaired) electrons. The smallest absolute Gasteiger partial charge is 0.469 e. The van der Waals surface area contributed by atoms with Gasteiger partial charge < -0.3 is 23.4 Å². The summed E-state index contributed by atoms with van der Waals surface area (Å²) >= 11 is 0. The number of carbonyl (C=O) groups excluding carboxylic acids is 1. The minimum atomic E-state index is -0.476. The van der Waals surface area contributed by atoms with Crippen LogP contribution in [-0.4, -0.2) is 48.0 Å². The number of likely N-dealkylation sites (tertiary alicyclic amines) is 1. The fourth-order valence-corrected chi connectivity index (χ4v) is 3.73. The highest BCUT2D eigenvalue weighted by atomic mass is 16.7. The van der Waals surface area contributed by atoms with Gasteiger partial charge in [0.25, 0.3) is 0 Å². The fraction of sp³-hybridized carbons (Fsp3) is 0.762. The molecule has 2 fully saturated rings. The molecule has 156 valence electrons. The molecule has 7 heteroatoms. The molecule has 0 aliphatic carbocycles. The van der Waals surface area contributed by atoms with Crippen LogP contribution in [0, 0.1) is 5.92 Å². The van der Waals surface area contributed by atoms with E-state index >= 15 is 0 Å². The maximum atomic E-state index is 12.3. The van der Waals surface area contributed by atoms with Crippen molar-refractivity contribution in [1.82, 2.24) is 4.90 Å². The third-order valence-electron chi connectivity index (χ3n) is 6.09. The molecule has 1 amide bonds. The van der Waals surface area contributed by atoms with E-state index in [1.807, 2.05) is 54.5 Å². The van der Waals surface area contributed by atoms with E-state index in [9.17, 15) is 4.79 Å². The van der Waals surface area contributed by atoms with Crippen molar-refractivity contribution in [2.75, 3.05) is 13.1 Å². The molecule has 28 heavy (non-hydrogen) atoms. The van der Waals surface area contributed by atoms with Gasteiger partial charge in [0, 0.05) is 24.5 Å². The molecular weight excluding hydrogens is 357 g/mol. The molecule has 0 N–H and O–H groups in total. The predicted octanol–water partition coefficient (Wildman–Crippen LogP) is 3.94. The standard InChI is InChI=1S/C21H34BNO5/c1-14-12-23(18(24)26-19(2,3)4)10-9-16(14)17-11-15(13-25-17)22-27-20(5,6)21(7,8)28-22/h11,13-14,16H,9-10,12H2,1-8H3. The topological polar surface area (TPSA) is 61.1 Å². The van der Waals surface area contributed by atoms with E-state index in [4.69, 9.17) is 18.5 Å². The Morgan fingerprint density at radius 3 is 2.36 bits per heavy atom. The molecule has 3 heterocycles. The molecule has 0 spiro atoms. The van der Waals surface area contributed by atoms with Gasteiger partial charge in [0.15, 0.2) is 0 Å². The van der Waals surface area contributed by atoms with Crippen molar-refractivity contribution in [1.29, 1.82) is 0 Å². The van der Waals surface area contributed by atoms with Crippen LogP contribution in [0.15, 0.2) is 16.7 Å². The highest BCUT2D eigenvalue weighted by molar-refractivity contribution is 6.62. The van der Waals surface area contributed by atoms with E-state index in [2.05, 4.69) is 6.92 Å². The molecule has 3 rings (SSSR count). The summed E-state index contributed by atoms with van der Waals surface area (Å²) in [5, 5.41) is 0. The molecule has 2 aliphatic rings. The Morgan fingerprint density at radius 2 is 1.82 bits per heavy atom. The summed E-state index contributed by atoms with van der Waals surface area (Å²) in [5.74, 6) is 1.47. The maximum Gasteiger partial charge on any atom is 0.498 e. The second-order valence-electron chi connectivity index (χ2n) is 10.2. The minimum absolute atomic E-state index is 0.241. The largest absolute Gasteiger partial charge is 0.498 e. The van der Waals surface area contributed by atoms with E-state index in [1.165, 1.54) is 0 Å². The van der Waals surface area contributed by atoms with Crippen molar-refractivity contribution in [2.45, 2.75) is 84.5 Å². The summed E-state index contributed by atoms with van der Waals surface area (Å²) in [6, 6.07) is 2.05. The first-order chi connectivity index (χ1) is 12.8. The number of piperidine rings is 1. The Hall–Kier alpha value is -1.47. The lowest BCUT2D eigenvalue weighted by molar-refractivity contribution is 0.00578. The molecule has 0 bridgehead atoms. The average molecular weight is 391 g/mol. The third-order valence-corrected chi connectivity index (χ3v) is 6.09. The first-order valence-electron chi connectivity index (χ1n) is 10.2. The Labute approximate surface area is 169 Å². The van der Waals surface area contributed by atoms with Crippen molar-refractivity contribution in [2.24, 2.45) is 5.92 Å². The second-order valence-corrected chi connectivity index (χ2v) is 10.2. The van der Waals surface area contributed by atoms with Crippen molar-refractivity contribution < 1.29 is 23.3 Å². The third kappa shape index (κ3) is 4.25. The van der Waals surface area contributed by atoms with E-state index in [0.29, 0.717) is 13.1 Å². The molecule has 6 nitrogen and oxygen atoms in total. The van der Waals surface area contributed by atoms with Crippen LogP contribution in [0.4, 0.5) is 4.79 Å². The van der Waals surface area contributed by atoms with E-state index in [-0.39, 0.29) is 29.1 Å². The van der Waals surface area contributed by atoms with Crippen molar-refractivity contribution >= 4 is 18.7 Å². The van der Waals surface area contributed by atoms with Gasteiger partial charge >= 0.3 is 13.2 Å². The van der Waals surface area contributed by atoms with E-state index in [1.54, 1.807) is 11.2 Å². The molecule has 2 aliphatic heterocycles. The lowest BCUT2D eigenvalue weighted by Gasteiger charge is -2.36. The zero-order valence-electron chi connectivity index (χ0n) is 18.5. The van der Waals surface area contributed by atoms with Crippen LogP contribution in [0.2, 0.25) is 0 Å². The number of rotatable bonds is 2. The quantitative estimate of drug-likeness (QED) is 0.715. The lowest BCUT2D eigenvalue weighted by atomic mass is 9.79. The van der Waals surface area contributed by atoms with Gasteiger partial charge in [-0.2, -0.15) is 0 Å². The van der Waals surface area contributed by atoms with Crippen LogP contribution in [0.3, 0.4) is 0 Å². The lowest BCUT2D eigenvalue weighted by Crippen LogP contribution is -2.44. The zero-order chi connectivity index (χ0) is 20.9. The molecule has 2 unspecified atom stereocenters.